The summed E-state index contributed by atoms with van der Waals surface area (Å²) in [6, 6.07) is 0. The Morgan fingerprint density at radius 2 is 2.00 bits per heavy atom. The zero-order valence-corrected chi connectivity index (χ0v) is 19.6. The van der Waals surface area contributed by atoms with Gasteiger partial charge in [-0.25, -0.2) is 0 Å². The zero-order chi connectivity index (χ0) is 22.2. The maximum absolute atomic E-state index is 12.5. The van der Waals surface area contributed by atoms with Crippen molar-refractivity contribution in [1.29, 1.82) is 0 Å². The van der Waals surface area contributed by atoms with Gasteiger partial charge in [0.25, 0.3) is 0 Å². The molecule has 2 aliphatic heterocycles. The van der Waals surface area contributed by atoms with Crippen LogP contribution >= 0.6 is 0 Å². The first kappa shape index (κ1) is 23.7. The molecule has 1 spiro atoms. The van der Waals surface area contributed by atoms with Crippen LogP contribution in [-0.4, -0.2) is 75.0 Å². The minimum atomic E-state index is -0.334. The van der Waals surface area contributed by atoms with Crippen LogP contribution in [-0.2, 0) is 28.5 Å². The van der Waals surface area contributed by atoms with Crippen LogP contribution in [0, 0.1) is 5.92 Å². The topological polar surface area (TPSA) is 81.9 Å². The van der Waals surface area contributed by atoms with Crippen LogP contribution in [0.4, 0.5) is 0 Å². The minimum Gasteiger partial charge on any atom is -0.459 e. The van der Waals surface area contributed by atoms with Gasteiger partial charge in [-0.1, -0.05) is 11.6 Å². The van der Waals surface area contributed by atoms with Crippen LogP contribution < -0.4 is 5.32 Å². The van der Waals surface area contributed by atoms with Gasteiger partial charge in [0, 0.05) is 20.8 Å². The van der Waals surface area contributed by atoms with Gasteiger partial charge in [-0.2, -0.15) is 0 Å². The van der Waals surface area contributed by atoms with Crippen molar-refractivity contribution in [3.63, 3.8) is 0 Å². The second-order valence-electron chi connectivity index (χ2n) is 9.97. The molecule has 0 aromatic heterocycles. The molecule has 0 amide bonds. The van der Waals surface area contributed by atoms with Crippen molar-refractivity contribution in [3.05, 3.63) is 11.6 Å². The Morgan fingerprint density at radius 3 is 2.57 bits per heavy atom. The molecule has 3 aliphatic rings. The first-order valence-corrected chi connectivity index (χ1v) is 11.0. The van der Waals surface area contributed by atoms with Crippen molar-refractivity contribution in [1.82, 2.24) is 5.32 Å². The van der Waals surface area contributed by atoms with E-state index in [9.17, 15) is 4.79 Å². The Hall–Kier alpha value is -0.990. The molecule has 1 aliphatic carbocycles. The van der Waals surface area contributed by atoms with E-state index in [1.807, 2.05) is 13.8 Å². The predicted molar refractivity (Wildman–Crippen MR) is 113 cm³/mol. The summed E-state index contributed by atoms with van der Waals surface area (Å²) in [7, 11) is 3.35. The third-order valence-corrected chi connectivity index (χ3v) is 6.89. The van der Waals surface area contributed by atoms with Crippen molar-refractivity contribution >= 4 is 5.97 Å². The molecule has 3 fully saturated rings. The summed E-state index contributed by atoms with van der Waals surface area (Å²) in [5, 5.41) is 3.12. The summed E-state index contributed by atoms with van der Waals surface area (Å²) >= 11 is 0. The predicted octanol–water partition coefficient (Wildman–Crippen LogP) is 2.62. The van der Waals surface area contributed by atoms with E-state index in [-0.39, 0.29) is 53.5 Å². The second-order valence-corrected chi connectivity index (χ2v) is 9.97. The van der Waals surface area contributed by atoms with E-state index < -0.39 is 0 Å². The standard InChI is InChI=1S/C23H39NO6/c1-15(2)8-9-17-22(5,30-17)20-19(26-6)16(10-11-23(20)14-28-23)29-18(25)12-24-13-21(3,4)27-7/h8,16-17,19-20,24H,9-14H2,1-7H3. The number of carbonyl (C=O) groups excluding carboxylic acids is 1. The smallest absolute Gasteiger partial charge is 0.320 e. The lowest BCUT2D eigenvalue weighted by Crippen LogP contribution is -2.56. The fourth-order valence-corrected chi connectivity index (χ4v) is 4.82. The Balaban J connectivity index is 1.62. The normalized spacial score (nSPS) is 37.7. The summed E-state index contributed by atoms with van der Waals surface area (Å²) < 4.78 is 29.3. The molecule has 0 aromatic carbocycles. The molecule has 0 bridgehead atoms. The van der Waals surface area contributed by atoms with Gasteiger partial charge >= 0.3 is 5.97 Å². The Labute approximate surface area is 180 Å². The fraction of sp³-hybridized carbons (Fsp3) is 0.870. The Kier molecular flexibility index (Phi) is 6.99. The lowest BCUT2D eigenvalue weighted by atomic mass is 9.68. The molecule has 6 atom stereocenters. The first-order valence-electron chi connectivity index (χ1n) is 11.0. The van der Waals surface area contributed by atoms with E-state index in [0.717, 1.165) is 25.9 Å². The molecule has 30 heavy (non-hydrogen) atoms. The van der Waals surface area contributed by atoms with Gasteiger partial charge in [0.2, 0.25) is 0 Å². The van der Waals surface area contributed by atoms with Gasteiger partial charge in [-0.05, 0) is 53.9 Å². The summed E-state index contributed by atoms with van der Waals surface area (Å²) in [4.78, 5) is 12.5. The number of methoxy groups -OCH3 is 2. The zero-order valence-electron chi connectivity index (χ0n) is 19.6. The SMILES string of the molecule is COC1C(OC(=O)CNCC(C)(C)OC)CCC2(CO2)C1C1(C)OC1CC=C(C)C. The number of hydrogen-bond donors (Lipinski definition) is 1. The highest BCUT2D eigenvalue weighted by Gasteiger charge is 2.72. The number of hydrogen-bond acceptors (Lipinski definition) is 7. The molecule has 0 aromatic rings. The molecule has 1 N–H and O–H groups in total. The van der Waals surface area contributed by atoms with Gasteiger partial charge in [0.15, 0.2) is 0 Å². The van der Waals surface area contributed by atoms with Crippen molar-refractivity contribution in [2.45, 2.75) is 89.0 Å². The van der Waals surface area contributed by atoms with Gasteiger partial charge < -0.3 is 29.0 Å². The number of nitrogens with one attached hydrogen (secondary N) is 1. The molecular weight excluding hydrogens is 386 g/mol. The lowest BCUT2D eigenvalue weighted by Gasteiger charge is -2.42. The number of esters is 1. The lowest BCUT2D eigenvalue weighted by molar-refractivity contribution is -0.171. The molecule has 0 radical (unpaired) electrons. The third-order valence-electron chi connectivity index (χ3n) is 6.89. The van der Waals surface area contributed by atoms with E-state index in [1.54, 1.807) is 14.2 Å². The molecule has 2 saturated heterocycles. The summed E-state index contributed by atoms with van der Waals surface area (Å²) in [6.45, 7) is 11.7. The first-order chi connectivity index (χ1) is 14.1. The van der Waals surface area contributed by atoms with E-state index in [2.05, 4.69) is 32.2 Å². The quantitative estimate of drug-likeness (QED) is 0.327. The molecule has 2 heterocycles. The van der Waals surface area contributed by atoms with Gasteiger partial charge in [0.1, 0.15) is 23.4 Å². The van der Waals surface area contributed by atoms with Gasteiger partial charge in [0.05, 0.1) is 30.8 Å². The number of allylic oxidation sites excluding steroid dienone is 1. The Morgan fingerprint density at radius 1 is 1.30 bits per heavy atom. The minimum absolute atomic E-state index is 0.0393. The van der Waals surface area contributed by atoms with Crippen molar-refractivity contribution < 1.29 is 28.5 Å². The molecule has 1 saturated carbocycles. The molecule has 172 valence electrons. The van der Waals surface area contributed by atoms with E-state index in [1.165, 1.54) is 5.57 Å². The number of carbonyl (C=O) groups is 1. The number of ether oxygens (including phenoxy) is 5. The maximum Gasteiger partial charge on any atom is 0.320 e. The fourth-order valence-electron chi connectivity index (χ4n) is 4.82. The molecule has 3 rings (SSSR count). The van der Waals surface area contributed by atoms with Gasteiger partial charge in [-0.3, -0.25) is 4.79 Å². The second kappa shape index (κ2) is 8.87. The largest absolute Gasteiger partial charge is 0.459 e. The summed E-state index contributed by atoms with van der Waals surface area (Å²) in [6.07, 6.45) is 4.28. The van der Waals surface area contributed by atoms with Crippen molar-refractivity contribution in [3.8, 4) is 0 Å². The van der Waals surface area contributed by atoms with Crippen LogP contribution in [0.3, 0.4) is 0 Å². The molecule has 7 nitrogen and oxygen atoms in total. The molecular formula is C23H39NO6. The van der Waals surface area contributed by atoms with E-state index in [0.29, 0.717) is 6.54 Å². The van der Waals surface area contributed by atoms with Crippen LogP contribution in [0.1, 0.15) is 53.9 Å². The highest BCUT2D eigenvalue weighted by atomic mass is 16.6. The third kappa shape index (κ3) is 5.07. The monoisotopic (exact) mass is 425 g/mol. The number of rotatable bonds is 10. The summed E-state index contributed by atoms with van der Waals surface area (Å²) in [5.41, 5.74) is 0.417. The van der Waals surface area contributed by atoms with Crippen LogP contribution in [0.2, 0.25) is 0 Å². The van der Waals surface area contributed by atoms with Crippen molar-refractivity contribution in [2.24, 2.45) is 5.92 Å². The van der Waals surface area contributed by atoms with Crippen LogP contribution in [0.15, 0.2) is 11.6 Å². The van der Waals surface area contributed by atoms with E-state index >= 15 is 0 Å². The highest BCUT2D eigenvalue weighted by molar-refractivity contribution is 5.72. The average molecular weight is 426 g/mol. The van der Waals surface area contributed by atoms with Gasteiger partial charge in [-0.15, -0.1) is 0 Å². The van der Waals surface area contributed by atoms with Crippen LogP contribution in [0.5, 0.6) is 0 Å². The highest BCUT2D eigenvalue weighted by Crippen LogP contribution is 2.59. The van der Waals surface area contributed by atoms with Crippen LogP contribution in [0.25, 0.3) is 0 Å². The van der Waals surface area contributed by atoms with Crippen molar-refractivity contribution in [2.75, 3.05) is 33.9 Å². The Bertz CT molecular complexity index is 654. The maximum atomic E-state index is 12.5. The summed E-state index contributed by atoms with van der Waals surface area (Å²) in [5.74, 6) is -0.235. The molecule has 7 heteroatoms. The van der Waals surface area contributed by atoms with E-state index in [4.69, 9.17) is 23.7 Å². The molecule has 6 unspecified atom stereocenters. The number of epoxide rings is 2. The average Bonchev–Trinajstić information content (AvgIpc) is 3.59.